The van der Waals surface area contributed by atoms with Gasteiger partial charge in [0.2, 0.25) is 5.91 Å². The lowest BCUT2D eigenvalue weighted by molar-refractivity contribution is -0.115. The number of hydrogen-bond acceptors (Lipinski definition) is 4. The summed E-state index contributed by atoms with van der Waals surface area (Å²) in [5.41, 5.74) is 3.20. The first-order chi connectivity index (χ1) is 12.7. The zero-order chi connectivity index (χ0) is 18.2. The highest BCUT2D eigenvalue weighted by Crippen LogP contribution is 2.25. The number of amides is 1. The molecule has 0 spiro atoms. The van der Waals surface area contributed by atoms with Gasteiger partial charge in [0.1, 0.15) is 5.75 Å². The van der Waals surface area contributed by atoms with Gasteiger partial charge in [0.15, 0.2) is 5.96 Å². The first-order valence-corrected chi connectivity index (χ1v) is 8.63. The lowest BCUT2D eigenvalue weighted by atomic mass is 10.1. The number of anilines is 1. The maximum Gasteiger partial charge on any atom is 0.243 e. The summed E-state index contributed by atoms with van der Waals surface area (Å²) >= 11 is 0. The van der Waals surface area contributed by atoms with Crippen LogP contribution in [0.2, 0.25) is 0 Å². The summed E-state index contributed by atoms with van der Waals surface area (Å²) in [5.74, 6) is 1.44. The van der Waals surface area contributed by atoms with Gasteiger partial charge in [-0.25, -0.2) is 0 Å². The van der Waals surface area contributed by atoms with Crippen molar-refractivity contribution >= 4 is 41.5 Å². The molecule has 144 valence electrons. The molecule has 0 bridgehead atoms. The Hall–Kier alpha value is -2.36. The molecule has 0 atom stereocenters. The van der Waals surface area contributed by atoms with Crippen LogP contribution in [0.15, 0.2) is 47.7 Å². The van der Waals surface area contributed by atoms with Gasteiger partial charge < -0.3 is 20.7 Å². The van der Waals surface area contributed by atoms with Crippen molar-refractivity contribution in [3.05, 3.63) is 53.9 Å². The van der Waals surface area contributed by atoms with Gasteiger partial charge >= 0.3 is 0 Å². The van der Waals surface area contributed by atoms with Gasteiger partial charge in [-0.15, -0.1) is 24.0 Å². The van der Waals surface area contributed by atoms with Crippen molar-refractivity contribution in [3.8, 4) is 5.75 Å². The Kier molecular flexibility index (Phi) is 8.31. The predicted molar refractivity (Wildman–Crippen MR) is 117 cm³/mol. The number of benzene rings is 1. The monoisotopic (exact) mass is 481 g/mol. The Balaban J connectivity index is 0.00000261. The molecular formula is C19H24IN5O2. The molecule has 1 aliphatic rings. The molecular weight excluding hydrogens is 457 g/mol. The lowest BCUT2D eigenvalue weighted by Crippen LogP contribution is -2.42. The van der Waals surface area contributed by atoms with Crippen LogP contribution in [-0.4, -0.2) is 43.6 Å². The topological polar surface area (TPSA) is 87.6 Å². The maximum absolute atomic E-state index is 11.9. The predicted octanol–water partition coefficient (Wildman–Crippen LogP) is 1.98. The van der Waals surface area contributed by atoms with Gasteiger partial charge in [-0.3, -0.25) is 14.8 Å². The van der Waals surface area contributed by atoms with E-state index in [9.17, 15) is 4.79 Å². The van der Waals surface area contributed by atoms with Crippen molar-refractivity contribution in [2.45, 2.75) is 12.8 Å². The normalized spacial score (nSPS) is 12.4. The van der Waals surface area contributed by atoms with Gasteiger partial charge in [0, 0.05) is 26.2 Å². The molecule has 8 heteroatoms. The third-order valence-electron chi connectivity index (χ3n) is 4.05. The number of rotatable bonds is 6. The third-order valence-corrected chi connectivity index (χ3v) is 4.05. The molecule has 0 aliphatic carbocycles. The third kappa shape index (κ3) is 6.38. The molecule has 0 unspecified atom stereocenters. The van der Waals surface area contributed by atoms with E-state index in [1.165, 1.54) is 11.1 Å². The molecule has 0 fully saturated rings. The van der Waals surface area contributed by atoms with Crippen LogP contribution in [0, 0.1) is 0 Å². The highest BCUT2D eigenvalue weighted by atomic mass is 127. The Labute approximate surface area is 176 Å². The van der Waals surface area contributed by atoms with E-state index in [1.54, 1.807) is 31.6 Å². The molecule has 7 nitrogen and oxygen atoms in total. The van der Waals surface area contributed by atoms with Crippen molar-refractivity contribution in [2.24, 2.45) is 4.99 Å². The molecule has 1 aliphatic heterocycles. The Morgan fingerprint density at radius 1 is 1.30 bits per heavy atom. The minimum Gasteiger partial charge on any atom is -0.493 e. The number of aromatic nitrogens is 1. The van der Waals surface area contributed by atoms with E-state index in [4.69, 9.17) is 4.74 Å². The second-order valence-corrected chi connectivity index (χ2v) is 5.93. The molecule has 1 aromatic carbocycles. The van der Waals surface area contributed by atoms with Crippen molar-refractivity contribution in [2.75, 3.05) is 32.1 Å². The van der Waals surface area contributed by atoms with Crippen molar-refractivity contribution in [3.63, 3.8) is 0 Å². The molecule has 3 rings (SSSR count). The smallest absolute Gasteiger partial charge is 0.243 e. The molecule has 1 amide bonds. The first-order valence-electron chi connectivity index (χ1n) is 8.63. The van der Waals surface area contributed by atoms with Crippen molar-refractivity contribution < 1.29 is 9.53 Å². The summed E-state index contributed by atoms with van der Waals surface area (Å²) in [4.78, 5) is 20.0. The number of nitrogens with one attached hydrogen (secondary N) is 3. The first kappa shape index (κ1) is 20.9. The summed E-state index contributed by atoms with van der Waals surface area (Å²) in [6.07, 6.45) is 5.11. The summed E-state index contributed by atoms with van der Waals surface area (Å²) in [6, 6.07) is 9.88. The number of aliphatic imine (C=N–C) groups is 1. The quantitative estimate of drug-likeness (QED) is 0.334. The highest BCUT2D eigenvalue weighted by Gasteiger charge is 2.11. The van der Waals surface area contributed by atoms with Crippen LogP contribution < -0.4 is 20.7 Å². The van der Waals surface area contributed by atoms with E-state index in [-0.39, 0.29) is 36.4 Å². The summed E-state index contributed by atoms with van der Waals surface area (Å²) in [5, 5.41) is 8.99. The fraction of sp³-hybridized carbons (Fsp3) is 0.316. The molecule has 0 radical (unpaired) electrons. The average Bonchev–Trinajstić information content (AvgIpc) is 3.13. The van der Waals surface area contributed by atoms with Crippen molar-refractivity contribution in [1.82, 2.24) is 15.6 Å². The summed E-state index contributed by atoms with van der Waals surface area (Å²) in [6.45, 7) is 1.63. The SMILES string of the molecule is CN=C(NCCc1ccc2c(c1)CCO2)NCC(=O)Nc1cccnc1.I. The Morgan fingerprint density at radius 2 is 2.19 bits per heavy atom. The summed E-state index contributed by atoms with van der Waals surface area (Å²) < 4.78 is 5.52. The number of pyridine rings is 1. The molecule has 2 aromatic rings. The molecule has 0 saturated carbocycles. The van der Waals surface area contributed by atoms with Gasteiger partial charge in [0.05, 0.1) is 25.0 Å². The Morgan fingerprint density at radius 3 is 2.96 bits per heavy atom. The number of guanidine groups is 1. The van der Waals surface area contributed by atoms with Crippen LogP contribution in [0.4, 0.5) is 5.69 Å². The molecule has 2 heterocycles. The van der Waals surface area contributed by atoms with Gasteiger partial charge in [-0.05, 0) is 35.7 Å². The highest BCUT2D eigenvalue weighted by molar-refractivity contribution is 14.0. The lowest BCUT2D eigenvalue weighted by Gasteiger charge is -2.12. The van der Waals surface area contributed by atoms with E-state index in [2.05, 4.69) is 38.1 Å². The molecule has 0 saturated heterocycles. The number of carbonyl (C=O) groups excluding carboxylic acids is 1. The zero-order valence-electron chi connectivity index (χ0n) is 15.2. The maximum atomic E-state index is 11.9. The molecule has 27 heavy (non-hydrogen) atoms. The summed E-state index contributed by atoms with van der Waals surface area (Å²) in [7, 11) is 1.68. The van der Waals surface area contributed by atoms with Crippen molar-refractivity contribution in [1.29, 1.82) is 0 Å². The number of halogens is 1. The number of nitrogens with zero attached hydrogens (tertiary/aromatic N) is 2. The zero-order valence-corrected chi connectivity index (χ0v) is 17.5. The minimum absolute atomic E-state index is 0. The Bertz CT molecular complexity index is 783. The van der Waals surface area contributed by atoms with Crippen LogP contribution in [0.1, 0.15) is 11.1 Å². The fourth-order valence-electron chi connectivity index (χ4n) is 2.75. The second-order valence-electron chi connectivity index (χ2n) is 5.93. The van der Waals surface area contributed by atoms with Crippen LogP contribution >= 0.6 is 24.0 Å². The van der Waals surface area contributed by atoms with Gasteiger partial charge in [-0.2, -0.15) is 0 Å². The van der Waals surface area contributed by atoms with Gasteiger partial charge in [-0.1, -0.05) is 12.1 Å². The van der Waals surface area contributed by atoms with Crippen LogP contribution in [0.3, 0.4) is 0 Å². The number of carbonyl (C=O) groups is 1. The van der Waals surface area contributed by atoms with E-state index in [0.29, 0.717) is 11.6 Å². The van der Waals surface area contributed by atoms with E-state index in [1.807, 2.05) is 6.07 Å². The average molecular weight is 481 g/mol. The van der Waals surface area contributed by atoms with Crippen LogP contribution in [-0.2, 0) is 17.6 Å². The molecule has 3 N–H and O–H groups in total. The van der Waals surface area contributed by atoms with E-state index < -0.39 is 0 Å². The number of ether oxygens (including phenoxy) is 1. The number of fused-ring (bicyclic) bond motifs is 1. The fourth-order valence-corrected chi connectivity index (χ4v) is 2.75. The van der Waals surface area contributed by atoms with E-state index >= 15 is 0 Å². The van der Waals surface area contributed by atoms with Gasteiger partial charge in [0.25, 0.3) is 0 Å². The number of hydrogen-bond donors (Lipinski definition) is 3. The minimum atomic E-state index is -0.153. The van der Waals surface area contributed by atoms with Crippen LogP contribution in [0.5, 0.6) is 5.75 Å². The second kappa shape index (κ2) is 10.7. The van der Waals surface area contributed by atoms with E-state index in [0.717, 1.165) is 31.7 Å². The van der Waals surface area contributed by atoms with Crippen LogP contribution in [0.25, 0.3) is 0 Å². The largest absolute Gasteiger partial charge is 0.493 e. The standard InChI is InChI=1S/C19H23N5O2.HI/c1-20-19(23-13-18(25)24-16-3-2-8-21-12-16)22-9-6-14-4-5-17-15(11-14)7-10-26-17;/h2-5,8,11-12H,6-7,9-10,13H2,1H3,(H,24,25)(H2,20,22,23);1H. The molecule has 1 aromatic heterocycles.